The monoisotopic (exact) mass is 643 g/mol. The third kappa shape index (κ3) is 7.13. The number of hydrogen-bond donors (Lipinski definition) is 0. The van der Waals surface area contributed by atoms with Crippen molar-refractivity contribution in [2.24, 2.45) is 5.92 Å². The van der Waals surface area contributed by atoms with Crippen LogP contribution in [0.2, 0.25) is 24.7 Å². The summed E-state index contributed by atoms with van der Waals surface area (Å²) < 4.78 is 13.2. The van der Waals surface area contributed by atoms with Gasteiger partial charge in [0.15, 0.2) is 0 Å². The minimum atomic E-state index is -2.73. The number of amides is 1. The van der Waals surface area contributed by atoms with Crippen LogP contribution >= 0.6 is 0 Å². The average Bonchev–Trinajstić information content (AvgIpc) is 3.04. The Morgan fingerprint density at radius 3 is 1.87 bits per heavy atom. The van der Waals surface area contributed by atoms with Gasteiger partial charge in [-0.15, -0.1) is 5.54 Å². The zero-order valence-corrected chi connectivity index (χ0v) is 30.1. The molecule has 1 aliphatic rings. The van der Waals surface area contributed by atoms with E-state index in [-0.39, 0.29) is 11.0 Å². The second-order valence-electron chi connectivity index (χ2n) is 14.0. The summed E-state index contributed by atoms with van der Waals surface area (Å²) in [5, 5.41) is 2.39. The smallest absolute Gasteiger partial charge is 0.410 e. The van der Waals surface area contributed by atoms with Crippen LogP contribution in [-0.2, 0) is 4.43 Å². The SMILES string of the molecule is C[C@H](CO[Si](c1ccccc1)(c1ccccc1)C(C)(C)C)C1=C[C@@H](C#C[Si](C)(C)C)N(C(=O)Oc2ccccc2)c2ccccc21. The molecule has 46 heavy (non-hydrogen) atoms. The van der Waals surface area contributed by atoms with Gasteiger partial charge in [-0.25, -0.2) is 4.79 Å². The van der Waals surface area contributed by atoms with Crippen LogP contribution in [0.4, 0.5) is 10.5 Å². The Morgan fingerprint density at radius 1 is 0.804 bits per heavy atom. The lowest BCUT2D eigenvalue weighted by molar-refractivity contribution is 0.207. The minimum absolute atomic E-state index is 0.0336. The van der Waals surface area contributed by atoms with Crippen LogP contribution in [0.1, 0.15) is 33.3 Å². The van der Waals surface area contributed by atoms with Crippen LogP contribution in [0.15, 0.2) is 121 Å². The first-order valence-corrected chi connectivity index (χ1v) is 21.5. The molecule has 0 unspecified atom stereocenters. The number of rotatable bonds is 7. The van der Waals surface area contributed by atoms with Crippen LogP contribution < -0.4 is 20.0 Å². The van der Waals surface area contributed by atoms with Crippen LogP contribution in [-0.4, -0.2) is 35.1 Å². The molecule has 0 bridgehead atoms. The second-order valence-corrected chi connectivity index (χ2v) is 23.1. The topological polar surface area (TPSA) is 38.8 Å². The molecule has 2 atom stereocenters. The molecule has 0 fully saturated rings. The maximum Gasteiger partial charge on any atom is 0.421 e. The number of carbonyl (C=O) groups excluding carboxylic acids is 1. The fourth-order valence-electron chi connectivity index (χ4n) is 6.19. The summed E-state index contributed by atoms with van der Waals surface area (Å²) >= 11 is 0. The molecule has 0 aliphatic carbocycles. The largest absolute Gasteiger partial charge is 0.421 e. The van der Waals surface area contributed by atoms with Gasteiger partial charge in [-0.1, -0.05) is 150 Å². The third-order valence-corrected chi connectivity index (χ3v) is 14.2. The lowest BCUT2D eigenvalue weighted by Gasteiger charge is -2.44. The number of anilines is 1. The van der Waals surface area contributed by atoms with Gasteiger partial charge in [0.25, 0.3) is 8.32 Å². The lowest BCUT2D eigenvalue weighted by atomic mass is 9.88. The molecule has 236 valence electrons. The molecule has 1 amide bonds. The van der Waals surface area contributed by atoms with Crippen molar-refractivity contribution in [1.82, 2.24) is 0 Å². The summed E-state index contributed by atoms with van der Waals surface area (Å²) in [7, 11) is -4.48. The van der Waals surface area contributed by atoms with Crippen LogP contribution in [0.3, 0.4) is 0 Å². The predicted octanol–water partition coefficient (Wildman–Crippen LogP) is 8.55. The van der Waals surface area contributed by atoms with Gasteiger partial charge in [0, 0.05) is 18.1 Å². The summed E-state index contributed by atoms with van der Waals surface area (Å²) in [6.07, 6.45) is 1.71. The van der Waals surface area contributed by atoms with Gasteiger partial charge in [-0.3, -0.25) is 4.90 Å². The molecule has 0 aromatic heterocycles. The van der Waals surface area contributed by atoms with Crippen molar-refractivity contribution in [1.29, 1.82) is 0 Å². The molecule has 0 spiro atoms. The van der Waals surface area contributed by atoms with E-state index in [0.717, 1.165) is 16.8 Å². The van der Waals surface area contributed by atoms with E-state index in [0.29, 0.717) is 12.4 Å². The number of carbonyl (C=O) groups is 1. The molecule has 1 heterocycles. The average molecular weight is 644 g/mol. The zero-order valence-electron chi connectivity index (χ0n) is 28.1. The number of hydrogen-bond acceptors (Lipinski definition) is 3. The van der Waals surface area contributed by atoms with Crippen molar-refractivity contribution in [3.63, 3.8) is 0 Å². The van der Waals surface area contributed by atoms with E-state index in [1.54, 1.807) is 17.0 Å². The standard InChI is InChI=1S/C40H45NO3Si2/c1-31(30-43-46(40(2,3)4,34-21-13-9-14-22-34)35-23-15-10-16-24-35)37-29-32(27-28-45(5,6)7)41(38-26-18-17-25-36(37)38)39(42)44-33-19-11-8-12-20-33/h8-26,29,31-32H,30H2,1-7H3/t31-,32-/m1/s1. The predicted molar refractivity (Wildman–Crippen MR) is 197 cm³/mol. The highest BCUT2D eigenvalue weighted by Crippen LogP contribution is 2.41. The third-order valence-electron chi connectivity index (χ3n) is 8.33. The number of nitrogens with zero attached hydrogens (tertiary/aromatic N) is 1. The first-order valence-electron chi connectivity index (χ1n) is 16.1. The van der Waals surface area contributed by atoms with E-state index in [1.807, 2.05) is 36.4 Å². The van der Waals surface area contributed by atoms with E-state index in [4.69, 9.17) is 9.16 Å². The number of para-hydroxylation sites is 2. The molecule has 4 aromatic carbocycles. The highest BCUT2D eigenvalue weighted by Gasteiger charge is 2.50. The van der Waals surface area contributed by atoms with Gasteiger partial charge in [-0.05, 0) is 45.3 Å². The number of benzene rings is 4. The maximum absolute atomic E-state index is 13.8. The summed E-state index contributed by atoms with van der Waals surface area (Å²) in [6, 6.07) is 38.3. The number of ether oxygens (including phenoxy) is 1. The molecule has 1 aliphatic heterocycles. The molecule has 0 saturated heterocycles. The Balaban J connectivity index is 1.56. The van der Waals surface area contributed by atoms with Crippen molar-refractivity contribution < 1.29 is 14.0 Å². The van der Waals surface area contributed by atoms with E-state index in [9.17, 15) is 4.79 Å². The molecular formula is C40H45NO3Si2. The van der Waals surface area contributed by atoms with Crippen molar-refractivity contribution in [3.05, 3.63) is 127 Å². The maximum atomic E-state index is 13.8. The molecule has 5 rings (SSSR count). The second kappa shape index (κ2) is 13.7. The van der Waals surface area contributed by atoms with Gasteiger partial charge in [0.1, 0.15) is 19.9 Å². The van der Waals surface area contributed by atoms with Gasteiger partial charge in [-0.2, -0.15) is 0 Å². The van der Waals surface area contributed by atoms with Crippen molar-refractivity contribution in [2.75, 3.05) is 11.5 Å². The minimum Gasteiger partial charge on any atom is -0.410 e. The summed E-state index contributed by atoms with van der Waals surface area (Å²) in [4.78, 5) is 15.5. The summed E-state index contributed by atoms with van der Waals surface area (Å²) in [5.74, 6) is 4.02. The zero-order chi connectivity index (χ0) is 33.0. The first kappa shape index (κ1) is 33.2. The molecule has 0 saturated carbocycles. The highest BCUT2D eigenvalue weighted by molar-refractivity contribution is 6.99. The lowest BCUT2D eigenvalue weighted by Crippen LogP contribution is -2.66. The summed E-state index contributed by atoms with van der Waals surface area (Å²) in [5.41, 5.74) is 6.45. The molecule has 0 radical (unpaired) electrons. The molecule has 0 N–H and O–H groups in total. The van der Waals surface area contributed by atoms with Gasteiger partial charge >= 0.3 is 6.09 Å². The van der Waals surface area contributed by atoms with Gasteiger partial charge in [0.2, 0.25) is 0 Å². The Hall–Kier alpha value is -4.16. The molecular weight excluding hydrogens is 599 g/mol. The highest BCUT2D eigenvalue weighted by atomic mass is 28.4. The number of fused-ring (bicyclic) bond motifs is 1. The van der Waals surface area contributed by atoms with Crippen molar-refractivity contribution in [2.45, 2.75) is 58.4 Å². The fraction of sp³-hybridized carbons (Fsp3) is 0.275. The quantitative estimate of drug-likeness (QED) is 0.150. The fourth-order valence-corrected chi connectivity index (χ4v) is 11.4. The Morgan fingerprint density at radius 2 is 1.33 bits per heavy atom. The van der Waals surface area contributed by atoms with Gasteiger partial charge in [0.05, 0.1) is 5.69 Å². The molecule has 4 nitrogen and oxygen atoms in total. The van der Waals surface area contributed by atoms with Crippen molar-refractivity contribution in [3.8, 4) is 17.2 Å². The Kier molecular flexibility index (Phi) is 9.88. The van der Waals surface area contributed by atoms with Crippen LogP contribution in [0.25, 0.3) is 5.57 Å². The molecule has 4 aromatic rings. The molecule has 6 heteroatoms. The van der Waals surface area contributed by atoms with E-state index >= 15 is 0 Å². The Labute approximate surface area is 277 Å². The Bertz CT molecular complexity index is 1690. The van der Waals surface area contributed by atoms with Crippen LogP contribution in [0.5, 0.6) is 5.75 Å². The van der Waals surface area contributed by atoms with E-state index < -0.39 is 28.5 Å². The van der Waals surface area contributed by atoms with E-state index in [2.05, 4.69) is 132 Å². The summed E-state index contributed by atoms with van der Waals surface area (Å²) in [6.45, 7) is 16.3. The normalized spacial score (nSPS) is 15.6. The van der Waals surface area contributed by atoms with Gasteiger partial charge < -0.3 is 9.16 Å². The van der Waals surface area contributed by atoms with E-state index in [1.165, 1.54) is 10.4 Å². The van der Waals surface area contributed by atoms with Crippen molar-refractivity contribution >= 4 is 44.1 Å². The first-order chi connectivity index (χ1) is 21.9. The van der Waals surface area contributed by atoms with Crippen LogP contribution in [0, 0.1) is 17.4 Å².